The summed E-state index contributed by atoms with van der Waals surface area (Å²) in [4.78, 5) is 27.2. The second-order valence-electron chi connectivity index (χ2n) is 5.27. The van der Waals surface area contributed by atoms with E-state index in [1.165, 1.54) is 33.8 Å². The lowest BCUT2D eigenvalue weighted by Gasteiger charge is -2.21. The zero-order valence-corrected chi connectivity index (χ0v) is 14.5. The second-order valence-corrected chi connectivity index (χ2v) is 7.37. The van der Waals surface area contributed by atoms with Crippen LogP contribution in [0, 0.1) is 6.92 Å². The molecule has 0 fully saturated rings. The Morgan fingerprint density at radius 3 is 2.76 bits per heavy atom. The van der Waals surface area contributed by atoms with Gasteiger partial charge in [-0.25, -0.2) is 0 Å². The number of ketones is 1. The number of furan rings is 1. The molecule has 0 aliphatic carbocycles. The molecule has 0 bridgehead atoms. The summed E-state index contributed by atoms with van der Waals surface area (Å²) >= 11 is 2.44. The molecule has 126 valence electrons. The number of aromatic nitrogens is 2. The smallest absolute Gasteiger partial charge is 0.296 e. The van der Waals surface area contributed by atoms with Crippen LogP contribution in [0.3, 0.4) is 0 Å². The highest BCUT2D eigenvalue weighted by Crippen LogP contribution is 2.43. The molecular formula is C16H11N3O4S2. The molecule has 0 spiro atoms. The number of thiophene rings is 1. The first kappa shape index (κ1) is 15.7. The van der Waals surface area contributed by atoms with Crippen molar-refractivity contribution in [2.75, 3.05) is 4.90 Å². The summed E-state index contributed by atoms with van der Waals surface area (Å²) in [5.74, 6) is -1.33. The third kappa shape index (κ3) is 2.48. The van der Waals surface area contributed by atoms with E-state index in [1.807, 2.05) is 0 Å². The Hall–Kier alpha value is -2.78. The number of nitrogens with zero attached hydrogens (tertiary/aromatic N) is 3. The van der Waals surface area contributed by atoms with Crippen molar-refractivity contribution in [3.8, 4) is 0 Å². The fourth-order valence-electron chi connectivity index (χ4n) is 2.67. The van der Waals surface area contributed by atoms with Crippen LogP contribution in [0.5, 0.6) is 0 Å². The fourth-order valence-corrected chi connectivity index (χ4v) is 4.07. The van der Waals surface area contributed by atoms with E-state index in [0.29, 0.717) is 20.8 Å². The highest BCUT2D eigenvalue weighted by Gasteiger charge is 2.47. The maximum absolute atomic E-state index is 12.9. The van der Waals surface area contributed by atoms with E-state index < -0.39 is 23.5 Å². The summed E-state index contributed by atoms with van der Waals surface area (Å²) in [5, 5.41) is 21.0. The summed E-state index contributed by atoms with van der Waals surface area (Å²) in [5.41, 5.74) is -0.0183. The van der Waals surface area contributed by atoms with Crippen LogP contribution in [0.2, 0.25) is 0 Å². The van der Waals surface area contributed by atoms with Gasteiger partial charge in [0, 0.05) is 0 Å². The molecule has 9 heteroatoms. The molecule has 4 heterocycles. The van der Waals surface area contributed by atoms with E-state index in [9.17, 15) is 14.7 Å². The lowest BCUT2D eigenvalue weighted by atomic mass is 10.0. The highest BCUT2D eigenvalue weighted by atomic mass is 32.1. The second kappa shape index (κ2) is 5.94. The van der Waals surface area contributed by atoms with Gasteiger partial charge in [0.15, 0.2) is 5.76 Å². The lowest BCUT2D eigenvalue weighted by molar-refractivity contribution is -0.117. The fraction of sp³-hybridized carbons (Fsp3) is 0.125. The lowest BCUT2D eigenvalue weighted by Crippen LogP contribution is -2.30. The molecule has 7 nitrogen and oxygen atoms in total. The SMILES string of the molecule is Cc1nnc(N2C(=O)C(O)=C(C(=O)c3cccs3)[C@H]2c2ccco2)s1. The van der Waals surface area contributed by atoms with Crippen LogP contribution in [0.15, 0.2) is 51.7 Å². The van der Waals surface area contributed by atoms with Gasteiger partial charge >= 0.3 is 0 Å². The number of aliphatic hydroxyl groups excluding tert-OH is 1. The van der Waals surface area contributed by atoms with E-state index in [1.54, 1.807) is 36.6 Å². The standard InChI is InChI=1S/C16H11N3O4S2/c1-8-17-18-16(25-8)19-12(9-4-2-6-23-9)11(14(21)15(19)22)13(20)10-5-3-7-24-10/h2-7,12,21H,1H3/t12-/m1/s1. The van der Waals surface area contributed by atoms with Crippen LogP contribution in [-0.2, 0) is 4.79 Å². The Kier molecular flexibility index (Phi) is 3.74. The van der Waals surface area contributed by atoms with Gasteiger partial charge in [0.2, 0.25) is 10.9 Å². The Bertz CT molecular complexity index is 973. The molecule has 4 rings (SSSR count). The van der Waals surface area contributed by atoms with Gasteiger partial charge < -0.3 is 9.52 Å². The van der Waals surface area contributed by atoms with Gasteiger partial charge in [0.1, 0.15) is 16.8 Å². The van der Waals surface area contributed by atoms with Crippen molar-refractivity contribution in [1.29, 1.82) is 0 Å². The van der Waals surface area contributed by atoms with Crippen molar-refractivity contribution in [3.05, 3.63) is 62.9 Å². The number of rotatable bonds is 4. The van der Waals surface area contributed by atoms with Crippen LogP contribution in [0.1, 0.15) is 26.5 Å². The number of anilines is 1. The predicted molar refractivity (Wildman–Crippen MR) is 91.9 cm³/mol. The van der Waals surface area contributed by atoms with Gasteiger partial charge in [0.25, 0.3) is 5.91 Å². The zero-order chi connectivity index (χ0) is 17.6. The van der Waals surface area contributed by atoms with Crippen LogP contribution in [0.25, 0.3) is 0 Å². The van der Waals surface area contributed by atoms with Crippen LogP contribution < -0.4 is 4.90 Å². The molecule has 0 radical (unpaired) electrons. The molecule has 25 heavy (non-hydrogen) atoms. The number of carbonyl (C=O) groups is 2. The van der Waals surface area contributed by atoms with Gasteiger partial charge in [0.05, 0.1) is 16.7 Å². The molecule has 0 saturated heterocycles. The summed E-state index contributed by atoms with van der Waals surface area (Å²) in [6.45, 7) is 1.76. The molecular weight excluding hydrogens is 362 g/mol. The molecule has 0 unspecified atom stereocenters. The van der Waals surface area contributed by atoms with Crippen molar-refractivity contribution in [3.63, 3.8) is 0 Å². The number of hydrogen-bond acceptors (Lipinski definition) is 8. The van der Waals surface area contributed by atoms with Crippen molar-refractivity contribution in [2.45, 2.75) is 13.0 Å². The molecule has 1 atom stereocenters. The number of amides is 1. The molecule has 1 amide bonds. The van der Waals surface area contributed by atoms with E-state index in [2.05, 4.69) is 10.2 Å². The maximum Gasteiger partial charge on any atom is 0.296 e. The Morgan fingerprint density at radius 2 is 2.16 bits per heavy atom. The Balaban J connectivity index is 1.86. The molecule has 1 N–H and O–H groups in total. The summed E-state index contributed by atoms with van der Waals surface area (Å²) < 4.78 is 5.44. The summed E-state index contributed by atoms with van der Waals surface area (Å²) in [6.07, 6.45) is 1.45. The molecule has 1 aliphatic heterocycles. The minimum absolute atomic E-state index is 0.0183. The van der Waals surface area contributed by atoms with Crippen molar-refractivity contribution in [2.24, 2.45) is 0 Å². The van der Waals surface area contributed by atoms with Crippen LogP contribution in [-0.4, -0.2) is 27.0 Å². The Morgan fingerprint density at radius 1 is 1.32 bits per heavy atom. The number of hydrogen-bond donors (Lipinski definition) is 1. The maximum atomic E-state index is 12.9. The largest absolute Gasteiger partial charge is 0.503 e. The molecule has 3 aromatic heterocycles. The quantitative estimate of drug-likeness (QED) is 0.705. The average molecular weight is 373 g/mol. The molecule has 0 aromatic carbocycles. The minimum Gasteiger partial charge on any atom is -0.503 e. The van der Waals surface area contributed by atoms with E-state index in [4.69, 9.17) is 4.42 Å². The van der Waals surface area contributed by atoms with E-state index in [-0.39, 0.29) is 5.57 Å². The van der Waals surface area contributed by atoms with Gasteiger partial charge in [-0.15, -0.1) is 21.5 Å². The third-order valence-electron chi connectivity index (χ3n) is 3.73. The van der Waals surface area contributed by atoms with Crippen LogP contribution >= 0.6 is 22.7 Å². The first-order valence-corrected chi connectivity index (χ1v) is 8.96. The topological polar surface area (TPSA) is 96.5 Å². The van der Waals surface area contributed by atoms with E-state index >= 15 is 0 Å². The predicted octanol–water partition coefficient (Wildman–Crippen LogP) is 3.28. The summed E-state index contributed by atoms with van der Waals surface area (Å²) in [6, 6.07) is 5.81. The summed E-state index contributed by atoms with van der Waals surface area (Å²) in [7, 11) is 0. The molecule has 3 aromatic rings. The number of aryl methyl sites for hydroxylation is 1. The van der Waals surface area contributed by atoms with Crippen molar-refractivity contribution >= 4 is 39.5 Å². The van der Waals surface area contributed by atoms with Crippen LogP contribution in [0.4, 0.5) is 5.13 Å². The van der Waals surface area contributed by atoms with Gasteiger partial charge in [-0.2, -0.15) is 0 Å². The normalized spacial score (nSPS) is 17.6. The zero-order valence-electron chi connectivity index (χ0n) is 12.9. The van der Waals surface area contributed by atoms with E-state index in [0.717, 1.165) is 0 Å². The highest BCUT2D eigenvalue weighted by molar-refractivity contribution is 7.15. The monoisotopic (exact) mass is 373 g/mol. The number of carbonyl (C=O) groups excluding carboxylic acids is 2. The first-order valence-electron chi connectivity index (χ1n) is 7.26. The van der Waals surface area contributed by atoms with Gasteiger partial charge in [-0.1, -0.05) is 17.4 Å². The van der Waals surface area contributed by atoms with Gasteiger partial charge in [-0.3, -0.25) is 14.5 Å². The van der Waals surface area contributed by atoms with Crippen molar-refractivity contribution in [1.82, 2.24) is 10.2 Å². The molecule has 1 aliphatic rings. The Labute approximate surface area is 149 Å². The van der Waals surface area contributed by atoms with Crippen molar-refractivity contribution < 1.29 is 19.1 Å². The average Bonchev–Trinajstić information content (AvgIpc) is 3.36. The first-order chi connectivity index (χ1) is 12.1. The number of aliphatic hydroxyl groups is 1. The number of Topliss-reactive ketones (excluding diaryl/α,β-unsaturated/α-hetero) is 1. The minimum atomic E-state index is -0.885. The third-order valence-corrected chi connectivity index (χ3v) is 5.44. The van der Waals surface area contributed by atoms with Gasteiger partial charge in [-0.05, 0) is 30.5 Å². The molecule has 0 saturated carbocycles.